The average molecular weight is 846 g/mol. The summed E-state index contributed by atoms with van der Waals surface area (Å²) >= 11 is 4.62. The third-order valence-electron chi connectivity index (χ3n) is 9.81. The lowest BCUT2D eigenvalue weighted by Gasteiger charge is -2.52. The molecule has 0 aromatic heterocycles. The van der Waals surface area contributed by atoms with E-state index in [0.717, 1.165) is 34.8 Å². The van der Waals surface area contributed by atoms with Gasteiger partial charge in [-0.05, 0) is 12.1 Å². The minimum atomic E-state index is -2.67. The molecule has 2 aromatic rings. The van der Waals surface area contributed by atoms with E-state index >= 15 is 0 Å². The fourth-order valence-corrected chi connectivity index (χ4v) is 7.81. The van der Waals surface area contributed by atoms with Crippen molar-refractivity contribution < 1.29 is 85.7 Å². The van der Waals surface area contributed by atoms with Crippen molar-refractivity contribution in [2.45, 2.75) is 107 Å². The average Bonchev–Trinajstić information content (AvgIpc) is 3.55. The minimum Gasteiger partial charge on any atom is -0.465 e. The summed E-state index contributed by atoms with van der Waals surface area (Å²) in [6, 6.07) is 15.3. The predicted molar refractivity (Wildman–Crippen MR) is 197 cm³/mol. The number of hydrogen-bond acceptors (Lipinski definition) is 19. The second kappa shape index (κ2) is 18.4. The lowest BCUT2D eigenvalue weighted by atomic mass is 9.87. The molecule has 0 radical (unpaired) electrons. The highest BCUT2D eigenvalue weighted by atomic mass is 32.1. The van der Waals surface area contributed by atoms with Gasteiger partial charge < -0.3 is 52.1 Å². The number of thiol groups is 1. The van der Waals surface area contributed by atoms with Gasteiger partial charge in [-0.15, -0.1) is 12.6 Å². The molecule has 20 heteroatoms. The Hall–Kier alpha value is -5.12. The number of benzene rings is 2. The second-order valence-corrected chi connectivity index (χ2v) is 14.4. The molecular formula is C39H43NO18S. The van der Waals surface area contributed by atoms with E-state index in [1.54, 1.807) is 48.5 Å². The number of esters is 5. The molecule has 0 bridgehead atoms. The van der Waals surface area contributed by atoms with Gasteiger partial charge in [0.2, 0.25) is 5.91 Å². The standard InChI is InChI=1S/C39H43NO18S/c1-19(41)40-28-25(54-38(40)47)16-39(37(46)48-5,57-31(28)29(52-22(4)44)26(51-21(3)43)17-49-20(2)42)58-32-30-27(18-50-35(56-30)24-14-10-7-11-15-24)53-36(59)33(32)55-34(45)23-12-8-6-9-13-23/h6-15,25-33,35-36,59H,16-18H2,1-5H3/t25-,26-,27?,28-,29-,30+,31?,32?,33?,35?,36+,39-/m1/s1. The molecule has 4 heterocycles. The molecule has 59 heavy (non-hydrogen) atoms. The Kier molecular flexibility index (Phi) is 13.6. The van der Waals surface area contributed by atoms with Crippen LogP contribution >= 0.6 is 12.6 Å². The van der Waals surface area contributed by atoms with Gasteiger partial charge in [0.25, 0.3) is 5.79 Å². The zero-order valence-electron chi connectivity index (χ0n) is 32.5. The van der Waals surface area contributed by atoms with E-state index in [9.17, 15) is 33.6 Å². The predicted octanol–water partition coefficient (Wildman–Crippen LogP) is 2.19. The number of methoxy groups -OCH3 is 1. The third kappa shape index (κ3) is 9.53. The van der Waals surface area contributed by atoms with Crippen molar-refractivity contribution in [3.05, 3.63) is 71.8 Å². The van der Waals surface area contributed by atoms with Crippen LogP contribution in [0.4, 0.5) is 4.79 Å². The first-order valence-electron chi connectivity index (χ1n) is 18.5. The molecule has 4 aliphatic rings. The molecule has 4 aliphatic heterocycles. The zero-order valence-corrected chi connectivity index (χ0v) is 33.4. The van der Waals surface area contributed by atoms with Gasteiger partial charge in [-0.3, -0.25) is 19.2 Å². The fraction of sp³-hybridized carbons (Fsp3) is 0.513. The SMILES string of the molecule is COC(=O)[C@]1(OC2C(OC(=O)c3ccccc3)[C@H](S)OC3COC(c4ccccc4)O[C@@H]32)C[C@H]2OC(=O)N(C(C)=O)[C@H]2C([C@H](OC(C)=O)[C@@H](COC(C)=O)OC(C)=O)O1. The maximum atomic E-state index is 14.3. The molecule has 0 spiro atoms. The first-order chi connectivity index (χ1) is 28.1. The number of carbonyl (C=O) groups excluding carboxylic acids is 7. The smallest absolute Gasteiger partial charge is 0.417 e. The molecular weight excluding hydrogens is 802 g/mol. The van der Waals surface area contributed by atoms with Crippen molar-refractivity contribution in [1.82, 2.24) is 4.90 Å². The summed E-state index contributed by atoms with van der Waals surface area (Å²) in [6.07, 6.45) is -14.7. The Labute approximate surface area is 343 Å². The van der Waals surface area contributed by atoms with Crippen LogP contribution in [0.5, 0.6) is 0 Å². The highest BCUT2D eigenvalue weighted by Gasteiger charge is 2.66. The zero-order chi connectivity index (χ0) is 42.6. The van der Waals surface area contributed by atoms with E-state index in [2.05, 4.69) is 12.6 Å². The van der Waals surface area contributed by atoms with E-state index in [0.29, 0.717) is 10.5 Å². The van der Waals surface area contributed by atoms with E-state index in [-0.39, 0.29) is 12.2 Å². The van der Waals surface area contributed by atoms with Crippen molar-refractivity contribution in [1.29, 1.82) is 0 Å². The number of imide groups is 1. The molecule has 318 valence electrons. The van der Waals surface area contributed by atoms with Crippen LogP contribution in [0.2, 0.25) is 0 Å². The number of carbonyl (C=O) groups is 7. The molecule has 19 nitrogen and oxygen atoms in total. The van der Waals surface area contributed by atoms with Gasteiger partial charge in [0.15, 0.2) is 24.6 Å². The molecule has 4 fully saturated rings. The lowest BCUT2D eigenvalue weighted by Crippen LogP contribution is -2.70. The molecule has 4 saturated heterocycles. The maximum Gasteiger partial charge on any atom is 0.417 e. The van der Waals surface area contributed by atoms with Crippen LogP contribution in [0.1, 0.15) is 56.3 Å². The summed E-state index contributed by atoms with van der Waals surface area (Å²) in [6.45, 7) is 3.40. The Morgan fingerprint density at radius 2 is 1.53 bits per heavy atom. The summed E-state index contributed by atoms with van der Waals surface area (Å²) in [5.74, 6) is -8.22. The quantitative estimate of drug-likeness (QED) is 0.184. The van der Waals surface area contributed by atoms with Crippen LogP contribution in [-0.2, 0) is 76.1 Å². The van der Waals surface area contributed by atoms with E-state index in [4.69, 9.17) is 52.1 Å². The van der Waals surface area contributed by atoms with Crippen LogP contribution in [0.15, 0.2) is 60.7 Å². The van der Waals surface area contributed by atoms with Crippen molar-refractivity contribution in [3.63, 3.8) is 0 Å². The largest absolute Gasteiger partial charge is 0.465 e. The highest BCUT2D eigenvalue weighted by molar-refractivity contribution is 7.80. The maximum absolute atomic E-state index is 14.3. The summed E-state index contributed by atoms with van der Waals surface area (Å²) in [5, 5.41) is 0. The summed E-state index contributed by atoms with van der Waals surface area (Å²) in [5.41, 5.74) is -0.482. The number of ether oxygens (including phenoxy) is 11. The van der Waals surface area contributed by atoms with E-state index in [1.807, 2.05) is 0 Å². The van der Waals surface area contributed by atoms with Gasteiger partial charge in [-0.1, -0.05) is 48.5 Å². The first kappa shape index (κ1) is 43.5. The summed E-state index contributed by atoms with van der Waals surface area (Å²) in [7, 11) is 1.02. The minimum absolute atomic E-state index is 0.0835. The number of hydrogen-bond donors (Lipinski definition) is 1. The van der Waals surface area contributed by atoms with Crippen LogP contribution in [0.3, 0.4) is 0 Å². The van der Waals surface area contributed by atoms with E-state index in [1.165, 1.54) is 12.1 Å². The van der Waals surface area contributed by atoms with Gasteiger partial charge >= 0.3 is 35.9 Å². The Balaban J connectivity index is 1.48. The normalized spacial score (nSPS) is 30.9. The highest BCUT2D eigenvalue weighted by Crippen LogP contribution is 2.45. The van der Waals surface area contributed by atoms with Crippen molar-refractivity contribution in [2.75, 3.05) is 20.3 Å². The number of rotatable bonds is 12. The van der Waals surface area contributed by atoms with Crippen LogP contribution in [-0.4, -0.2) is 133 Å². The number of amides is 2. The van der Waals surface area contributed by atoms with Crippen molar-refractivity contribution in [3.8, 4) is 0 Å². The molecule has 0 N–H and O–H groups in total. The topological polar surface area (TPSA) is 224 Å². The van der Waals surface area contributed by atoms with Crippen molar-refractivity contribution >= 4 is 54.5 Å². The number of nitrogens with zero attached hydrogens (tertiary/aromatic N) is 1. The summed E-state index contributed by atoms with van der Waals surface area (Å²) in [4.78, 5) is 92.1. The molecule has 0 saturated carbocycles. The van der Waals surface area contributed by atoms with Crippen LogP contribution in [0.25, 0.3) is 0 Å². The molecule has 0 aliphatic carbocycles. The van der Waals surface area contributed by atoms with Gasteiger partial charge in [-0.2, -0.15) is 0 Å². The fourth-order valence-electron chi connectivity index (χ4n) is 7.42. The third-order valence-corrected chi connectivity index (χ3v) is 10.2. The second-order valence-electron chi connectivity index (χ2n) is 13.9. The molecule has 2 aromatic carbocycles. The summed E-state index contributed by atoms with van der Waals surface area (Å²) < 4.78 is 65.0. The first-order valence-corrected chi connectivity index (χ1v) is 19.0. The monoisotopic (exact) mass is 845 g/mol. The molecule has 5 unspecified atom stereocenters. The Bertz CT molecular complexity index is 1900. The molecule has 12 atom stereocenters. The lowest BCUT2D eigenvalue weighted by molar-refractivity contribution is -0.374. The number of fused-ring (bicyclic) bond motifs is 2. The van der Waals surface area contributed by atoms with Gasteiger partial charge in [0, 0.05) is 33.3 Å². The van der Waals surface area contributed by atoms with Gasteiger partial charge in [0.1, 0.15) is 48.6 Å². The Morgan fingerprint density at radius 3 is 2.14 bits per heavy atom. The van der Waals surface area contributed by atoms with Crippen LogP contribution in [0, 0.1) is 0 Å². The Morgan fingerprint density at radius 1 is 0.864 bits per heavy atom. The molecule has 6 rings (SSSR count). The van der Waals surface area contributed by atoms with Gasteiger partial charge in [-0.25, -0.2) is 19.3 Å². The van der Waals surface area contributed by atoms with Crippen molar-refractivity contribution in [2.24, 2.45) is 0 Å². The van der Waals surface area contributed by atoms with Gasteiger partial charge in [0.05, 0.1) is 25.7 Å². The van der Waals surface area contributed by atoms with Crippen LogP contribution < -0.4 is 0 Å². The molecule has 2 amide bonds. The van der Waals surface area contributed by atoms with E-state index < -0.39 is 127 Å².